The van der Waals surface area contributed by atoms with Gasteiger partial charge in [-0.1, -0.05) is 24.3 Å². The minimum absolute atomic E-state index is 0.0603. The monoisotopic (exact) mass is 464 g/mol. The van der Waals surface area contributed by atoms with Gasteiger partial charge < -0.3 is 20.8 Å². The number of hydrogen-bond acceptors (Lipinski definition) is 6. The fourth-order valence-corrected chi connectivity index (χ4v) is 3.73. The fraction of sp³-hybridized carbons (Fsp3) is 0.0909. The first-order chi connectivity index (χ1) is 16.2. The molecule has 4 amide bonds. The highest BCUT2D eigenvalue weighted by atomic mass is 16.4. The Bertz CT molecular complexity index is 1220. The molecule has 2 aromatic carbocycles. The number of amides is 4. The summed E-state index contributed by atoms with van der Waals surface area (Å²) in [6, 6.07) is 9.87. The molecule has 0 unspecified atom stereocenters. The second-order valence-corrected chi connectivity index (χ2v) is 7.17. The summed E-state index contributed by atoms with van der Waals surface area (Å²) in [4.78, 5) is 76.2. The Labute approximate surface area is 191 Å². The first kappa shape index (κ1) is 22.2. The van der Waals surface area contributed by atoms with Gasteiger partial charge in [-0.3, -0.25) is 29.0 Å². The largest absolute Gasteiger partial charge is 0.480 e. The third kappa shape index (κ3) is 3.62. The SMILES string of the molecule is O=C(O)CNC(=O)N1/C(=C2\C(=O)c3ccccc3N2C(=O)NCC(=O)O)C(=O)c2ccccc21. The second-order valence-electron chi connectivity index (χ2n) is 7.17. The second kappa shape index (κ2) is 8.50. The zero-order valence-electron chi connectivity index (χ0n) is 17.3. The minimum Gasteiger partial charge on any atom is -0.480 e. The number of benzene rings is 2. The number of para-hydroxylation sites is 2. The van der Waals surface area contributed by atoms with Crippen molar-refractivity contribution in [1.29, 1.82) is 0 Å². The first-order valence-corrected chi connectivity index (χ1v) is 9.83. The molecular weight excluding hydrogens is 448 g/mol. The predicted octanol–water partition coefficient (Wildman–Crippen LogP) is 1.19. The maximum absolute atomic E-state index is 13.4. The van der Waals surface area contributed by atoms with Gasteiger partial charge in [0.15, 0.2) is 0 Å². The van der Waals surface area contributed by atoms with Crippen LogP contribution in [-0.2, 0) is 9.59 Å². The number of carbonyl (C=O) groups excluding carboxylic acids is 4. The number of anilines is 2. The molecule has 2 aliphatic heterocycles. The van der Waals surface area contributed by atoms with E-state index in [0.717, 1.165) is 9.80 Å². The van der Waals surface area contributed by atoms with Crippen LogP contribution in [-0.4, -0.2) is 58.9 Å². The number of urea groups is 2. The number of carboxylic acid groups (broad SMARTS) is 2. The van der Waals surface area contributed by atoms with Crippen LogP contribution in [0.3, 0.4) is 0 Å². The number of nitrogens with zero attached hydrogens (tertiary/aromatic N) is 2. The molecular formula is C22H16N4O8. The zero-order chi connectivity index (χ0) is 24.6. The Morgan fingerprint density at radius 2 is 1.00 bits per heavy atom. The van der Waals surface area contributed by atoms with E-state index in [1.165, 1.54) is 24.3 Å². The average molecular weight is 464 g/mol. The number of fused-ring (bicyclic) bond motifs is 2. The Morgan fingerprint density at radius 1 is 0.647 bits per heavy atom. The molecule has 0 fully saturated rings. The lowest BCUT2D eigenvalue weighted by atomic mass is 10.1. The topological polar surface area (TPSA) is 173 Å². The van der Waals surface area contributed by atoms with Crippen LogP contribution in [0.5, 0.6) is 0 Å². The number of aliphatic carboxylic acids is 2. The summed E-state index contributed by atoms with van der Waals surface area (Å²) in [5.74, 6) is -4.15. The van der Waals surface area contributed by atoms with E-state index in [9.17, 15) is 28.8 Å². The first-order valence-electron chi connectivity index (χ1n) is 9.83. The van der Waals surface area contributed by atoms with Crippen molar-refractivity contribution >= 4 is 46.9 Å². The molecule has 0 aliphatic carbocycles. The van der Waals surface area contributed by atoms with E-state index < -0.39 is 60.1 Å². The maximum Gasteiger partial charge on any atom is 0.327 e. The van der Waals surface area contributed by atoms with E-state index >= 15 is 0 Å². The van der Waals surface area contributed by atoms with Gasteiger partial charge in [-0.15, -0.1) is 0 Å². The highest BCUT2D eigenvalue weighted by Crippen LogP contribution is 2.42. The van der Waals surface area contributed by atoms with Gasteiger partial charge >= 0.3 is 24.0 Å². The molecule has 172 valence electrons. The van der Waals surface area contributed by atoms with Gasteiger partial charge in [-0.05, 0) is 24.3 Å². The van der Waals surface area contributed by atoms with Crippen molar-refractivity contribution in [2.24, 2.45) is 0 Å². The van der Waals surface area contributed by atoms with Crippen molar-refractivity contribution in [3.63, 3.8) is 0 Å². The van der Waals surface area contributed by atoms with Crippen molar-refractivity contribution in [2.75, 3.05) is 22.9 Å². The molecule has 4 N–H and O–H groups in total. The fourth-order valence-electron chi connectivity index (χ4n) is 3.73. The Balaban J connectivity index is 1.91. The third-order valence-electron chi connectivity index (χ3n) is 5.07. The third-order valence-corrected chi connectivity index (χ3v) is 5.07. The van der Waals surface area contributed by atoms with Gasteiger partial charge in [0.05, 0.1) is 11.4 Å². The summed E-state index contributed by atoms with van der Waals surface area (Å²) in [5.41, 5.74) is -0.623. The number of ketones is 2. The molecule has 0 saturated heterocycles. The molecule has 0 bridgehead atoms. The van der Waals surface area contributed by atoms with Gasteiger partial charge in [0.1, 0.15) is 24.5 Å². The van der Waals surface area contributed by atoms with E-state index in [4.69, 9.17) is 10.2 Å². The number of carbonyl (C=O) groups is 6. The molecule has 2 heterocycles. The normalized spacial score (nSPS) is 16.2. The highest BCUT2D eigenvalue weighted by Gasteiger charge is 2.46. The molecule has 34 heavy (non-hydrogen) atoms. The number of rotatable bonds is 4. The molecule has 2 aliphatic rings. The van der Waals surface area contributed by atoms with Gasteiger partial charge in [0, 0.05) is 11.1 Å². The predicted molar refractivity (Wildman–Crippen MR) is 116 cm³/mol. The minimum atomic E-state index is -1.33. The number of nitrogens with one attached hydrogen (secondary N) is 2. The summed E-state index contributed by atoms with van der Waals surface area (Å²) in [6.07, 6.45) is 0. The zero-order valence-corrected chi connectivity index (χ0v) is 17.3. The lowest BCUT2D eigenvalue weighted by Crippen LogP contribution is -2.45. The van der Waals surface area contributed by atoms with Crippen LogP contribution < -0.4 is 20.4 Å². The smallest absolute Gasteiger partial charge is 0.327 e. The van der Waals surface area contributed by atoms with Gasteiger partial charge in [-0.2, -0.15) is 0 Å². The highest BCUT2D eigenvalue weighted by molar-refractivity contribution is 6.33. The summed E-state index contributed by atoms with van der Waals surface area (Å²) in [6.45, 7) is -1.52. The summed E-state index contributed by atoms with van der Waals surface area (Å²) >= 11 is 0. The molecule has 12 nitrogen and oxygen atoms in total. The Kier molecular flexibility index (Phi) is 5.55. The van der Waals surface area contributed by atoms with E-state index in [0.29, 0.717) is 0 Å². The molecule has 2 aromatic rings. The Hall–Kier alpha value is -5.00. The summed E-state index contributed by atoms with van der Waals surface area (Å²) < 4.78 is 0. The lowest BCUT2D eigenvalue weighted by molar-refractivity contribution is -0.136. The molecule has 0 aromatic heterocycles. The van der Waals surface area contributed by atoms with Gasteiger partial charge in [0.25, 0.3) is 0 Å². The van der Waals surface area contributed by atoms with Crippen LogP contribution in [0.4, 0.5) is 21.0 Å². The average Bonchev–Trinajstić information content (AvgIpc) is 3.27. The lowest BCUT2D eigenvalue weighted by Gasteiger charge is -2.24. The van der Waals surface area contributed by atoms with Crippen LogP contribution in [0.2, 0.25) is 0 Å². The molecule has 4 rings (SSSR count). The van der Waals surface area contributed by atoms with Crippen LogP contribution >= 0.6 is 0 Å². The number of carboxylic acids is 2. The van der Waals surface area contributed by atoms with E-state index in [-0.39, 0.29) is 22.5 Å². The van der Waals surface area contributed by atoms with E-state index in [2.05, 4.69) is 10.6 Å². The van der Waals surface area contributed by atoms with Crippen molar-refractivity contribution in [2.45, 2.75) is 0 Å². The van der Waals surface area contributed by atoms with Crippen LogP contribution in [0.1, 0.15) is 20.7 Å². The number of hydrogen-bond donors (Lipinski definition) is 4. The van der Waals surface area contributed by atoms with Crippen molar-refractivity contribution in [3.05, 3.63) is 71.1 Å². The quantitative estimate of drug-likeness (QED) is 0.488. The molecule has 12 heteroatoms. The molecule has 0 radical (unpaired) electrons. The summed E-state index contributed by atoms with van der Waals surface area (Å²) in [7, 11) is 0. The summed E-state index contributed by atoms with van der Waals surface area (Å²) in [5, 5.41) is 22.2. The molecule has 0 saturated carbocycles. The Morgan fingerprint density at radius 3 is 1.35 bits per heavy atom. The van der Waals surface area contributed by atoms with E-state index in [1.54, 1.807) is 24.3 Å². The van der Waals surface area contributed by atoms with Crippen molar-refractivity contribution in [1.82, 2.24) is 10.6 Å². The van der Waals surface area contributed by atoms with Gasteiger partial charge in [0.2, 0.25) is 11.6 Å². The van der Waals surface area contributed by atoms with Crippen molar-refractivity contribution in [3.8, 4) is 0 Å². The maximum atomic E-state index is 13.4. The molecule has 0 atom stereocenters. The van der Waals surface area contributed by atoms with Gasteiger partial charge in [-0.25, -0.2) is 9.59 Å². The van der Waals surface area contributed by atoms with Crippen LogP contribution in [0.15, 0.2) is 59.9 Å². The van der Waals surface area contributed by atoms with Crippen LogP contribution in [0, 0.1) is 0 Å². The number of Topliss-reactive ketones (excluding diaryl/α,β-unsaturated/α-hetero) is 2. The van der Waals surface area contributed by atoms with Crippen LogP contribution in [0.25, 0.3) is 0 Å². The standard InChI is InChI=1S/C22H16N4O8/c27-15(28)9-23-21(33)25-13-7-3-1-5-11(13)19(31)17(25)18-20(32)12-6-2-4-8-14(12)26(18)22(34)24-10-16(29)30/h1-8H,9-10H2,(H,23,33)(H,24,34)(H,27,28)(H,29,30)/b18-17+. The number of allylic oxidation sites excluding steroid dienone is 2. The molecule has 0 spiro atoms. The van der Waals surface area contributed by atoms with E-state index in [1.807, 2.05) is 0 Å². The van der Waals surface area contributed by atoms with Crippen molar-refractivity contribution < 1.29 is 39.0 Å².